The first-order chi connectivity index (χ1) is 9.43. The smallest absolute Gasteiger partial charge is 0.337 e. The molecule has 6 nitrogen and oxygen atoms in total. The monoisotopic (exact) mass is 337 g/mol. The van der Waals surface area contributed by atoms with E-state index in [-0.39, 0.29) is 11.1 Å². The average Bonchev–Trinajstić information content (AvgIpc) is 2.92. The summed E-state index contributed by atoms with van der Waals surface area (Å²) in [6.45, 7) is 0. The topological polar surface area (TPSA) is 101 Å². The third-order valence-electron chi connectivity index (χ3n) is 3.69. The van der Waals surface area contributed by atoms with Crippen LogP contribution in [0.1, 0.15) is 43.8 Å². The number of fused-ring (bicyclic) bond motifs is 3. The van der Waals surface area contributed by atoms with Crippen molar-refractivity contribution in [2.45, 2.75) is 19.3 Å². The Morgan fingerprint density at radius 1 is 1.15 bits per heavy atom. The summed E-state index contributed by atoms with van der Waals surface area (Å²) in [5.41, 5.74) is 9.68. The molecule has 102 valence electrons. The molecule has 7 heteroatoms. The van der Waals surface area contributed by atoms with E-state index in [1.807, 2.05) is 0 Å². The van der Waals surface area contributed by atoms with Gasteiger partial charge in [0, 0.05) is 5.56 Å². The predicted octanol–water partition coefficient (Wildman–Crippen LogP) is 2.95. The average molecular weight is 338 g/mol. The van der Waals surface area contributed by atoms with Gasteiger partial charge in [-0.05, 0) is 46.3 Å². The lowest BCUT2D eigenvalue weighted by Gasteiger charge is -2.11. The van der Waals surface area contributed by atoms with Crippen LogP contribution in [0, 0.1) is 5.53 Å². The highest BCUT2D eigenvalue weighted by molar-refractivity contribution is 9.15. The van der Waals surface area contributed by atoms with E-state index in [0.29, 0.717) is 34.1 Å². The van der Waals surface area contributed by atoms with Gasteiger partial charge in [0.05, 0.1) is 21.2 Å². The third-order valence-corrected chi connectivity index (χ3v) is 4.29. The van der Waals surface area contributed by atoms with Crippen LogP contribution in [0.2, 0.25) is 0 Å². The van der Waals surface area contributed by atoms with Crippen LogP contribution in [-0.2, 0) is 12.8 Å². The largest absolute Gasteiger partial charge is 0.478 e. The quantitative estimate of drug-likeness (QED) is 0.722. The Morgan fingerprint density at radius 3 is 2.35 bits per heavy atom. The standard InChI is InChI=1S/C13H9BrN2O4/c14-7-4-16(15)11-6-3-1-2-5(6)8(12(17)18)10(9(7)11)13(19)20/h4,15H,1-3H2,(H-,17,18,19,20)/p+1. The van der Waals surface area contributed by atoms with Crippen molar-refractivity contribution >= 4 is 38.0 Å². The number of carboxylic acids is 2. The van der Waals surface area contributed by atoms with Crippen molar-refractivity contribution in [3.8, 4) is 0 Å². The van der Waals surface area contributed by atoms with Gasteiger partial charge in [0.1, 0.15) is 0 Å². The van der Waals surface area contributed by atoms with E-state index >= 15 is 0 Å². The molecule has 0 saturated heterocycles. The minimum Gasteiger partial charge on any atom is -0.478 e. The van der Waals surface area contributed by atoms with Crippen LogP contribution in [0.25, 0.3) is 4.48 Å². The fourth-order valence-corrected chi connectivity index (χ4v) is 3.61. The number of hydrogen-bond acceptors (Lipinski definition) is 3. The zero-order valence-corrected chi connectivity index (χ0v) is 11.8. The number of carbonyl (C=O) groups is 2. The van der Waals surface area contributed by atoms with Crippen LogP contribution in [0.4, 0.5) is 5.69 Å². The van der Waals surface area contributed by atoms with Gasteiger partial charge in [0.15, 0.2) is 0 Å². The van der Waals surface area contributed by atoms with Gasteiger partial charge in [0.2, 0.25) is 11.9 Å². The summed E-state index contributed by atoms with van der Waals surface area (Å²) in [7, 11) is 0. The molecule has 0 aromatic heterocycles. The van der Waals surface area contributed by atoms with Crippen molar-refractivity contribution in [2.24, 2.45) is 0 Å². The number of rotatable bonds is 2. The minimum atomic E-state index is -1.28. The molecule has 0 saturated carbocycles. The van der Waals surface area contributed by atoms with Gasteiger partial charge in [-0.25, -0.2) is 9.59 Å². The number of carboxylic acid groups (broad SMARTS) is 2. The zero-order chi connectivity index (χ0) is 14.6. The van der Waals surface area contributed by atoms with E-state index in [4.69, 9.17) is 5.53 Å². The highest BCUT2D eigenvalue weighted by Gasteiger charge is 2.41. The van der Waals surface area contributed by atoms with Crippen molar-refractivity contribution in [3.05, 3.63) is 34.0 Å². The lowest BCUT2D eigenvalue weighted by Crippen LogP contribution is -2.15. The Hall–Kier alpha value is -2.02. The summed E-state index contributed by atoms with van der Waals surface area (Å²) in [5.74, 6) is -2.51. The SMILES string of the molecule is N=[N+]1C=C(Br)c2c(C(=O)O)c(C(=O)O)c3c(c21)CCC3. The van der Waals surface area contributed by atoms with Crippen LogP contribution in [-0.4, -0.2) is 26.8 Å². The second kappa shape index (κ2) is 4.24. The number of halogens is 1. The molecule has 3 rings (SSSR count). The van der Waals surface area contributed by atoms with E-state index in [9.17, 15) is 19.8 Å². The maximum Gasteiger partial charge on any atom is 0.337 e. The molecule has 0 unspecified atom stereocenters. The number of hydrogen-bond donors (Lipinski definition) is 3. The van der Waals surface area contributed by atoms with Gasteiger partial charge in [-0.3, -0.25) is 0 Å². The normalized spacial score (nSPS) is 15.8. The van der Waals surface area contributed by atoms with E-state index in [1.165, 1.54) is 6.20 Å². The predicted molar refractivity (Wildman–Crippen MR) is 71.9 cm³/mol. The second-order valence-electron chi connectivity index (χ2n) is 4.74. The van der Waals surface area contributed by atoms with Crippen molar-refractivity contribution < 1.29 is 24.5 Å². The molecule has 1 aromatic rings. The van der Waals surface area contributed by atoms with Crippen molar-refractivity contribution in [3.63, 3.8) is 0 Å². The maximum absolute atomic E-state index is 11.5. The molecule has 3 N–H and O–H groups in total. The summed E-state index contributed by atoms with van der Waals surface area (Å²) in [6.07, 6.45) is 3.43. The zero-order valence-electron chi connectivity index (χ0n) is 10.2. The molecule has 1 aliphatic carbocycles. The molecule has 20 heavy (non-hydrogen) atoms. The fourth-order valence-electron chi connectivity index (χ4n) is 3.02. The van der Waals surface area contributed by atoms with E-state index in [1.54, 1.807) is 0 Å². The molecule has 0 bridgehead atoms. The van der Waals surface area contributed by atoms with Crippen LogP contribution in [0.5, 0.6) is 0 Å². The summed E-state index contributed by atoms with van der Waals surface area (Å²) >= 11 is 3.23. The number of nitrogens with zero attached hydrogens (tertiary/aromatic N) is 1. The first-order valence-electron chi connectivity index (χ1n) is 6.00. The third kappa shape index (κ3) is 1.56. The summed E-state index contributed by atoms with van der Waals surface area (Å²) in [4.78, 5) is 23.1. The number of nitrogens with one attached hydrogen (secondary N) is 1. The Bertz CT molecular complexity index is 737. The molecule has 0 fully saturated rings. The maximum atomic E-state index is 11.5. The van der Waals surface area contributed by atoms with Crippen LogP contribution in [0.3, 0.4) is 0 Å². The first-order valence-corrected chi connectivity index (χ1v) is 6.79. The van der Waals surface area contributed by atoms with Crippen LogP contribution < -0.4 is 0 Å². The molecule has 1 aromatic carbocycles. The molecular weight excluding hydrogens is 328 g/mol. The van der Waals surface area contributed by atoms with E-state index in [2.05, 4.69) is 15.9 Å². The minimum absolute atomic E-state index is 0.135. The molecule has 1 aliphatic heterocycles. The van der Waals surface area contributed by atoms with Crippen molar-refractivity contribution in [1.82, 2.24) is 0 Å². The second-order valence-corrected chi connectivity index (χ2v) is 5.60. The molecule has 0 amide bonds. The lowest BCUT2D eigenvalue weighted by molar-refractivity contribution is -0.461. The summed E-state index contributed by atoms with van der Waals surface area (Å²) in [6, 6.07) is 0. The van der Waals surface area contributed by atoms with Gasteiger partial charge >= 0.3 is 11.9 Å². The first kappa shape index (κ1) is 13.0. The van der Waals surface area contributed by atoms with Crippen LogP contribution >= 0.6 is 15.9 Å². The Labute approximate surface area is 122 Å². The summed E-state index contributed by atoms with van der Waals surface area (Å²) in [5, 5.41) is 18.8. The molecule has 1 heterocycles. The molecular formula is C13H10BrN2O4+. The molecule has 2 aliphatic rings. The van der Waals surface area contributed by atoms with Crippen molar-refractivity contribution in [1.29, 1.82) is 5.53 Å². The van der Waals surface area contributed by atoms with E-state index in [0.717, 1.165) is 16.7 Å². The van der Waals surface area contributed by atoms with Crippen LogP contribution in [0.15, 0.2) is 6.20 Å². The highest BCUT2D eigenvalue weighted by Crippen LogP contribution is 2.47. The van der Waals surface area contributed by atoms with Gasteiger partial charge in [0.25, 0.3) is 0 Å². The molecule has 0 spiro atoms. The Balaban J connectivity index is 2.51. The Kier molecular flexibility index (Phi) is 2.75. The van der Waals surface area contributed by atoms with Gasteiger partial charge < -0.3 is 10.2 Å². The number of aromatic carboxylic acids is 2. The van der Waals surface area contributed by atoms with Gasteiger partial charge in [-0.1, -0.05) is 4.70 Å². The molecule has 0 atom stereocenters. The van der Waals surface area contributed by atoms with Gasteiger partial charge in [-0.15, -0.1) is 0 Å². The number of benzene rings is 1. The van der Waals surface area contributed by atoms with E-state index < -0.39 is 11.9 Å². The lowest BCUT2D eigenvalue weighted by atomic mass is 9.91. The summed E-state index contributed by atoms with van der Waals surface area (Å²) < 4.78 is 1.54. The fraction of sp³-hybridized carbons (Fsp3) is 0.231. The Morgan fingerprint density at radius 2 is 1.75 bits per heavy atom. The highest BCUT2D eigenvalue weighted by atomic mass is 79.9. The van der Waals surface area contributed by atoms with Crippen molar-refractivity contribution in [2.75, 3.05) is 0 Å². The molecule has 0 radical (unpaired) electrons. The van der Waals surface area contributed by atoms with Gasteiger partial charge in [-0.2, -0.15) is 0 Å².